The second kappa shape index (κ2) is 10.6. The highest BCUT2D eigenvalue weighted by Gasteiger charge is 2.40. The van der Waals surface area contributed by atoms with Gasteiger partial charge in [0, 0.05) is 22.7 Å². The van der Waals surface area contributed by atoms with Crippen LogP contribution in [0.1, 0.15) is 25.8 Å². The summed E-state index contributed by atoms with van der Waals surface area (Å²) in [5.74, 6) is -0.620. The fourth-order valence-electron chi connectivity index (χ4n) is 3.65. The number of amides is 3. The number of imide groups is 1. The average molecular weight is 486 g/mol. The molecule has 178 valence electrons. The molecule has 0 aliphatic carbocycles. The maximum absolute atomic E-state index is 13.5. The Morgan fingerprint density at radius 1 is 0.886 bits per heavy atom. The van der Waals surface area contributed by atoms with Crippen LogP contribution in [0.4, 0.5) is 17.1 Å². The Labute approximate surface area is 209 Å². The van der Waals surface area contributed by atoms with E-state index in [9.17, 15) is 14.4 Å². The maximum Gasteiger partial charge on any atom is 0.283 e. The molecule has 3 aromatic carbocycles. The van der Waals surface area contributed by atoms with E-state index in [1.807, 2.05) is 69.3 Å². The van der Waals surface area contributed by atoms with Crippen molar-refractivity contribution in [3.63, 3.8) is 0 Å². The number of carbonyl (C=O) groups excluding carboxylic acids is 3. The van der Waals surface area contributed by atoms with E-state index < -0.39 is 11.8 Å². The third kappa shape index (κ3) is 5.81. The first-order chi connectivity index (χ1) is 16.8. The highest BCUT2D eigenvalue weighted by molar-refractivity contribution is 8.04. The lowest BCUT2D eigenvalue weighted by atomic mass is 10.1. The summed E-state index contributed by atoms with van der Waals surface area (Å²) in [6.45, 7) is 5.96. The Kier molecular flexibility index (Phi) is 7.36. The first-order valence-electron chi connectivity index (χ1n) is 11.4. The van der Waals surface area contributed by atoms with Gasteiger partial charge < -0.3 is 10.6 Å². The molecule has 2 N–H and O–H groups in total. The number of nitrogens with one attached hydrogen (secondary N) is 2. The molecule has 3 aromatic rings. The smallest absolute Gasteiger partial charge is 0.283 e. The van der Waals surface area contributed by atoms with E-state index in [1.165, 1.54) is 16.7 Å². The number of para-hydroxylation sites is 1. The zero-order valence-electron chi connectivity index (χ0n) is 19.9. The van der Waals surface area contributed by atoms with Crippen LogP contribution in [-0.4, -0.2) is 17.7 Å². The number of benzene rings is 3. The fraction of sp³-hybridized carbons (Fsp3) is 0.179. The summed E-state index contributed by atoms with van der Waals surface area (Å²) in [4.78, 5) is 41.3. The van der Waals surface area contributed by atoms with Crippen LogP contribution in [0.15, 0.2) is 94.4 Å². The third-order valence-electron chi connectivity index (χ3n) is 5.31. The number of hydrogen-bond acceptors (Lipinski definition) is 5. The van der Waals surface area contributed by atoms with Crippen molar-refractivity contribution in [2.45, 2.75) is 32.1 Å². The first kappa shape index (κ1) is 24.3. The standard InChI is InChI=1S/C28H27N3O3S/c1-18(2)16-24(32)29-21-8-7-11-23(17-21)35-26-25(30-20-14-12-19(3)13-15-20)27(33)31(28(26)34)22-9-5-4-6-10-22/h4-15,17-18,30H,16H2,1-3H3,(H,29,32). The van der Waals surface area contributed by atoms with Gasteiger partial charge in [0.1, 0.15) is 10.6 Å². The zero-order chi connectivity index (χ0) is 24.9. The highest BCUT2D eigenvalue weighted by Crippen LogP contribution is 2.38. The van der Waals surface area contributed by atoms with E-state index in [1.54, 1.807) is 30.3 Å². The van der Waals surface area contributed by atoms with E-state index >= 15 is 0 Å². The van der Waals surface area contributed by atoms with Gasteiger partial charge in [-0.15, -0.1) is 0 Å². The number of aryl methyl sites for hydroxylation is 1. The molecule has 0 saturated heterocycles. The molecule has 3 amide bonds. The molecule has 0 unspecified atom stereocenters. The maximum atomic E-state index is 13.5. The van der Waals surface area contributed by atoms with E-state index in [0.29, 0.717) is 22.7 Å². The van der Waals surface area contributed by atoms with Crippen molar-refractivity contribution < 1.29 is 14.4 Å². The Hall–Kier alpha value is -3.84. The lowest BCUT2D eigenvalue weighted by Crippen LogP contribution is -2.32. The largest absolute Gasteiger partial charge is 0.350 e. The average Bonchev–Trinajstić information content (AvgIpc) is 3.04. The molecule has 0 spiro atoms. The van der Waals surface area contributed by atoms with Crippen LogP contribution < -0.4 is 15.5 Å². The van der Waals surface area contributed by atoms with E-state index in [4.69, 9.17) is 0 Å². The molecule has 1 aliphatic rings. The number of carbonyl (C=O) groups is 3. The van der Waals surface area contributed by atoms with Crippen molar-refractivity contribution in [2.24, 2.45) is 5.92 Å². The molecule has 0 aromatic heterocycles. The van der Waals surface area contributed by atoms with Gasteiger partial charge in [-0.2, -0.15) is 0 Å². The van der Waals surface area contributed by atoms with Gasteiger partial charge in [-0.1, -0.05) is 67.6 Å². The number of anilines is 3. The summed E-state index contributed by atoms with van der Waals surface area (Å²) in [7, 11) is 0. The van der Waals surface area contributed by atoms with Crippen molar-refractivity contribution >= 4 is 46.5 Å². The summed E-state index contributed by atoms with van der Waals surface area (Å²) in [6, 6.07) is 23.8. The summed E-state index contributed by atoms with van der Waals surface area (Å²) >= 11 is 1.20. The fourth-order valence-corrected chi connectivity index (χ4v) is 4.63. The van der Waals surface area contributed by atoms with Crippen LogP contribution in [0.25, 0.3) is 0 Å². The van der Waals surface area contributed by atoms with E-state index in [0.717, 1.165) is 16.1 Å². The molecular weight excluding hydrogens is 458 g/mol. The van der Waals surface area contributed by atoms with Gasteiger partial charge in [-0.05, 0) is 55.3 Å². The van der Waals surface area contributed by atoms with Crippen LogP contribution in [0.2, 0.25) is 0 Å². The minimum absolute atomic E-state index is 0.0644. The van der Waals surface area contributed by atoms with Crippen LogP contribution in [-0.2, 0) is 14.4 Å². The van der Waals surface area contributed by atoms with Gasteiger partial charge in [0.25, 0.3) is 11.8 Å². The Morgan fingerprint density at radius 2 is 1.60 bits per heavy atom. The van der Waals surface area contributed by atoms with Crippen LogP contribution >= 0.6 is 11.8 Å². The SMILES string of the molecule is Cc1ccc(NC2=C(Sc3cccc(NC(=O)CC(C)C)c3)C(=O)N(c3ccccc3)C2=O)cc1. The lowest BCUT2D eigenvalue weighted by Gasteiger charge is -2.15. The normalized spacial score (nSPS) is 13.5. The van der Waals surface area contributed by atoms with Gasteiger partial charge in [0.05, 0.1) is 5.69 Å². The third-order valence-corrected chi connectivity index (χ3v) is 6.38. The predicted octanol–water partition coefficient (Wildman–Crippen LogP) is 5.97. The molecule has 35 heavy (non-hydrogen) atoms. The molecule has 0 saturated carbocycles. The molecule has 0 atom stereocenters. The first-order valence-corrected chi connectivity index (χ1v) is 12.2. The molecule has 7 heteroatoms. The number of hydrogen-bond donors (Lipinski definition) is 2. The van der Waals surface area contributed by atoms with Crippen molar-refractivity contribution in [2.75, 3.05) is 15.5 Å². The monoisotopic (exact) mass is 485 g/mol. The summed E-state index contributed by atoms with van der Waals surface area (Å²) in [5, 5.41) is 6.07. The molecule has 4 rings (SSSR count). The van der Waals surface area contributed by atoms with Gasteiger partial charge in [0.2, 0.25) is 5.91 Å². The van der Waals surface area contributed by atoms with Gasteiger partial charge >= 0.3 is 0 Å². The summed E-state index contributed by atoms with van der Waals surface area (Å²) in [6.07, 6.45) is 0.423. The van der Waals surface area contributed by atoms with Crippen LogP contribution in [0.5, 0.6) is 0 Å². The van der Waals surface area contributed by atoms with Gasteiger partial charge in [0.15, 0.2) is 0 Å². The van der Waals surface area contributed by atoms with Crippen molar-refractivity contribution in [1.29, 1.82) is 0 Å². The Bertz CT molecular complexity index is 1280. The Morgan fingerprint density at radius 3 is 2.29 bits per heavy atom. The van der Waals surface area contributed by atoms with E-state index in [-0.39, 0.29) is 17.5 Å². The second-order valence-electron chi connectivity index (χ2n) is 8.75. The number of nitrogens with zero attached hydrogens (tertiary/aromatic N) is 1. The van der Waals surface area contributed by atoms with E-state index in [2.05, 4.69) is 10.6 Å². The van der Waals surface area contributed by atoms with Crippen molar-refractivity contribution in [3.8, 4) is 0 Å². The molecule has 0 bridgehead atoms. The quantitative estimate of drug-likeness (QED) is 0.385. The highest BCUT2D eigenvalue weighted by atomic mass is 32.2. The number of rotatable bonds is 8. The van der Waals surface area contributed by atoms with Crippen molar-refractivity contribution in [1.82, 2.24) is 0 Å². The van der Waals surface area contributed by atoms with Crippen LogP contribution in [0, 0.1) is 12.8 Å². The molecule has 0 radical (unpaired) electrons. The van der Waals surface area contributed by atoms with Crippen molar-refractivity contribution in [3.05, 3.63) is 95.0 Å². The topological polar surface area (TPSA) is 78.5 Å². The number of thioether (sulfide) groups is 1. The molecule has 6 nitrogen and oxygen atoms in total. The molecule has 1 aliphatic heterocycles. The summed E-state index contributed by atoms with van der Waals surface area (Å²) < 4.78 is 0. The second-order valence-corrected chi connectivity index (χ2v) is 9.84. The minimum Gasteiger partial charge on any atom is -0.350 e. The molecule has 1 heterocycles. The summed E-state index contributed by atoms with van der Waals surface area (Å²) in [5.41, 5.74) is 3.19. The predicted molar refractivity (Wildman–Crippen MR) is 141 cm³/mol. The van der Waals surface area contributed by atoms with Gasteiger partial charge in [-0.3, -0.25) is 14.4 Å². The Balaban J connectivity index is 1.65. The zero-order valence-corrected chi connectivity index (χ0v) is 20.7. The lowest BCUT2D eigenvalue weighted by molar-refractivity contribution is -0.120. The van der Waals surface area contributed by atoms with Crippen LogP contribution in [0.3, 0.4) is 0 Å². The molecule has 0 fully saturated rings. The minimum atomic E-state index is -0.411. The molecular formula is C28H27N3O3S. The van der Waals surface area contributed by atoms with Gasteiger partial charge in [-0.25, -0.2) is 4.90 Å².